The third kappa shape index (κ3) is 3.26. The van der Waals surface area contributed by atoms with E-state index >= 15 is 0 Å². The summed E-state index contributed by atoms with van der Waals surface area (Å²) in [7, 11) is -3.62. The molecule has 0 bridgehead atoms. The Morgan fingerprint density at radius 1 is 1.29 bits per heavy atom. The Morgan fingerprint density at radius 3 is 2.53 bits per heavy atom. The van der Waals surface area contributed by atoms with Gasteiger partial charge < -0.3 is 5.32 Å². The first-order valence-electron chi connectivity index (χ1n) is 4.81. The van der Waals surface area contributed by atoms with Gasteiger partial charge in [-0.1, -0.05) is 0 Å². The Labute approximate surface area is 103 Å². The quantitative estimate of drug-likeness (QED) is 0.878. The molecule has 0 fully saturated rings. The SMILES string of the molecule is NS(=O)(=O)c1ccc(NCc2nccs2)cc1. The number of sulfonamides is 1. The van der Waals surface area contributed by atoms with Crippen molar-refractivity contribution in [2.24, 2.45) is 5.14 Å². The standard InChI is InChI=1S/C10H11N3O2S2/c11-17(14,15)9-3-1-8(2-4-9)13-7-10-12-5-6-16-10/h1-6,13H,7H2,(H2,11,14,15). The first-order chi connectivity index (χ1) is 8.05. The molecule has 2 aromatic rings. The summed E-state index contributed by atoms with van der Waals surface area (Å²) in [5.41, 5.74) is 0.826. The maximum absolute atomic E-state index is 11.0. The highest BCUT2D eigenvalue weighted by molar-refractivity contribution is 7.89. The molecule has 5 nitrogen and oxygen atoms in total. The number of hydrogen-bond donors (Lipinski definition) is 2. The van der Waals surface area contributed by atoms with Crippen molar-refractivity contribution in [2.75, 3.05) is 5.32 Å². The minimum Gasteiger partial charge on any atom is -0.379 e. The largest absolute Gasteiger partial charge is 0.379 e. The monoisotopic (exact) mass is 269 g/mol. The van der Waals surface area contributed by atoms with Crippen LogP contribution in [0.5, 0.6) is 0 Å². The van der Waals surface area contributed by atoms with Gasteiger partial charge in [-0.2, -0.15) is 0 Å². The molecule has 0 amide bonds. The van der Waals surface area contributed by atoms with Crippen LogP contribution in [0, 0.1) is 0 Å². The van der Waals surface area contributed by atoms with E-state index in [1.807, 2.05) is 5.38 Å². The Hall–Kier alpha value is -1.44. The van der Waals surface area contributed by atoms with Crippen LogP contribution in [0.3, 0.4) is 0 Å². The number of hydrogen-bond acceptors (Lipinski definition) is 5. The Kier molecular flexibility index (Phi) is 3.41. The van der Waals surface area contributed by atoms with E-state index in [2.05, 4.69) is 10.3 Å². The molecule has 0 saturated carbocycles. The molecule has 3 N–H and O–H groups in total. The van der Waals surface area contributed by atoms with E-state index < -0.39 is 10.0 Å². The molecule has 0 atom stereocenters. The minimum atomic E-state index is -3.62. The van der Waals surface area contributed by atoms with Gasteiger partial charge in [-0.3, -0.25) is 0 Å². The van der Waals surface area contributed by atoms with Gasteiger partial charge in [0.2, 0.25) is 10.0 Å². The molecule has 0 aliphatic heterocycles. The summed E-state index contributed by atoms with van der Waals surface area (Å²) in [6.45, 7) is 0.617. The molecule has 1 aromatic carbocycles. The number of anilines is 1. The maximum atomic E-state index is 11.0. The zero-order valence-corrected chi connectivity index (χ0v) is 10.5. The van der Waals surface area contributed by atoms with Crippen LogP contribution >= 0.6 is 11.3 Å². The van der Waals surface area contributed by atoms with Crippen LogP contribution in [0.25, 0.3) is 0 Å². The van der Waals surface area contributed by atoms with E-state index in [0.29, 0.717) is 6.54 Å². The average molecular weight is 269 g/mol. The van der Waals surface area contributed by atoms with Crippen LogP contribution in [-0.2, 0) is 16.6 Å². The van der Waals surface area contributed by atoms with Crippen molar-refractivity contribution in [3.8, 4) is 0 Å². The lowest BCUT2D eigenvalue weighted by atomic mass is 10.3. The number of benzene rings is 1. The fourth-order valence-electron chi connectivity index (χ4n) is 1.28. The van der Waals surface area contributed by atoms with E-state index in [4.69, 9.17) is 5.14 Å². The van der Waals surface area contributed by atoms with Gasteiger partial charge in [0, 0.05) is 17.3 Å². The highest BCUT2D eigenvalue weighted by Gasteiger charge is 2.06. The molecule has 0 saturated heterocycles. The first kappa shape index (κ1) is 12.0. The Balaban J connectivity index is 2.04. The summed E-state index contributed by atoms with van der Waals surface area (Å²) < 4.78 is 22.1. The molecule has 1 aromatic heterocycles. The van der Waals surface area contributed by atoms with Crippen molar-refractivity contribution in [3.05, 3.63) is 40.8 Å². The zero-order chi connectivity index (χ0) is 12.3. The molecule has 17 heavy (non-hydrogen) atoms. The first-order valence-corrected chi connectivity index (χ1v) is 7.23. The summed E-state index contributed by atoms with van der Waals surface area (Å²) in [6.07, 6.45) is 1.74. The summed E-state index contributed by atoms with van der Waals surface area (Å²) in [5.74, 6) is 0. The fraction of sp³-hybridized carbons (Fsp3) is 0.100. The normalized spacial score (nSPS) is 11.4. The van der Waals surface area contributed by atoms with Gasteiger partial charge in [0.05, 0.1) is 11.4 Å². The van der Waals surface area contributed by atoms with E-state index in [1.165, 1.54) is 12.1 Å². The summed E-state index contributed by atoms with van der Waals surface area (Å²) in [4.78, 5) is 4.24. The van der Waals surface area contributed by atoms with Gasteiger partial charge >= 0.3 is 0 Å². The van der Waals surface area contributed by atoms with Crippen LogP contribution in [0.15, 0.2) is 40.7 Å². The Bertz CT molecular complexity index is 577. The van der Waals surface area contributed by atoms with E-state index in [1.54, 1.807) is 29.7 Å². The molecule has 0 aliphatic rings. The lowest BCUT2D eigenvalue weighted by Gasteiger charge is -2.04. The fourth-order valence-corrected chi connectivity index (χ4v) is 2.35. The second-order valence-electron chi connectivity index (χ2n) is 3.35. The highest BCUT2D eigenvalue weighted by Crippen LogP contribution is 2.14. The lowest BCUT2D eigenvalue weighted by molar-refractivity contribution is 0.598. The zero-order valence-electron chi connectivity index (χ0n) is 8.83. The van der Waals surface area contributed by atoms with Gasteiger partial charge in [0.15, 0.2) is 0 Å². The third-order valence-electron chi connectivity index (χ3n) is 2.11. The van der Waals surface area contributed by atoms with Crippen LogP contribution in [0.2, 0.25) is 0 Å². The number of rotatable bonds is 4. The molecule has 0 unspecified atom stereocenters. The highest BCUT2D eigenvalue weighted by atomic mass is 32.2. The molecular formula is C10H11N3O2S2. The van der Waals surface area contributed by atoms with Gasteiger partial charge in [-0.05, 0) is 24.3 Å². The minimum absolute atomic E-state index is 0.109. The van der Waals surface area contributed by atoms with E-state index in [9.17, 15) is 8.42 Å². The maximum Gasteiger partial charge on any atom is 0.238 e. The van der Waals surface area contributed by atoms with Crippen LogP contribution < -0.4 is 10.5 Å². The van der Waals surface area contributed by atoms with Gasteiger partial charge in [0.25, 0.3) is 0 Å². The molecule has 0 spiro atoms. The lowest BCUT2D eigenvalue weighted by Crippen LogP contribution is -2.11. The van der Waals surface area contributed by atoms with Crippen molar-refractivity contribution in [1.29, 1.82) is 0 Å². The van der Waals surface area contributed by atoms with E-state index in [0.717, 1.165) is 10.7 Å². The predicted octanol–water partition coefficient (Wildman–Crippen LogP) is 1.40. The molecule has 0 aliphatic carbocycles. The number of nitrogens with two attached hydrogens (primary N) is 1. The summed E-state index contributed by atoms with van der Waals surface area (Å²) >= 11 is 1.56. The molecule has 2 rings (SSSR count). The topological polar surface area (TPSA) is 85.1 Å². The third-order valence-corrected chi connectivity index (χ3v) is 3.82. The second-order valence-corrected chi connectivity index (χ2v) is 5.89. The van der Waals surface area contributed by atoms with Crippen LogP contribution in [0.4, 0.5) is 5.69 Å². The van der Waals surface area contributed by atoms with Crippen LogP contribution in [-0.4, -0.2) is 13.4 Å². The molecular weight excluding hydrogens is 258 g/mol. The van der Waals surface area contributed by atoms with Crippen molar-refractivity contribution < 1.29 is 8.42 Å². The molecule has 7 heteroatoms. The predicted molar refractivity (Wildman–Crippen MR) is 67.3 cm³/mol. The number of nitrogens with zero attached hydrogens (tertiary/aromatic N) is 1. The summed E-state index contributed by atoms with van der Waals surface area (Å²) in [5, 5.41) is 11.0. The van der Waals surface area contributed by atoms with Gasteiger partial charge in [-0.15, -0.1) is 11.3 Å². The van der Waals surface area contributed by atoms with E-state index in [-0.39, 0.29) is 4.90 Å². The number of nitrogens with one attached hydrogen (secondary N) is 1. The second kappa shape index (κ2) is 4.82. The van der Waals surface area contributed by atoms with Gasteiger partial charge in [0.1, 0.15) is 5.01 Å². The van der Waals surface area contributed by atoms with Crippen molar-refractivity contribution >= 4 is 27.0 Å². The summed E-state index contributed by atoms with van der Waals surface area (Å²) in [6, 6.07) is 6.29. The van der Waals surface area contributed by atoms with Crippen LogP contribution in [0.1, 0.15) is 5.01 Å². The van der Waals surface area contributed by atoms with Crippen molar-refractivity contribution in [2.45, 2.75) is 11.4 Å². The smallest absolute Gasteiger partial charge is 0.238 e. The van der Waals surface area contributed by atoms with Gasteiger partial charge in [-0.25, -0.2) is 18.5 Å². The number of aromatic nitrogens is 1. The molecule has 0 radical (unpaired) electrons. The average Bonchev–Trinajstić information content (AvgIpc) is 2.78. The van der Waals surface area contributed by atoms with Crippen molar-refractivity contribution in [1.82, 2.24) is 4.98 Å². The molecule has 90 valence electrons. The number of primary sulfonamides is 1. The molecule has 1 heterocycles. The number of thiazole rings is 1. The Morgan fingerprint density at radius 2 is 2.00 bits per heavy atom. The van der Waals surface area contributed by atoms with Crippen molar-refractivity contribution in [3.63, 3.8) is 0 Å².